The molecule has 1 aliphatic heterocycles. The molecule has 4 aromatic carbocycles. The van der Waals surface area contributed by atoms with Crippen molar-refractivity contribution in [1.82, 2.24) is 10.0 Å². The Bertz CT molecular complexity index is 1780. The second-order valence-electron chi connectivity index (χ2n) is 9.30. The van der Waals surface area contributed by atoms with Crippen LogP contribution in [0.4, 0.5) is 10.1 Å². The average molecular weight is 610 g/mol. The number of rotatable bonds is 7. The van der Waals surface area contributed by atoms with E-state index in [2.05, 4.69) is 15.0 Å². The summed E-state index contributed by atoms with van der Waals surface area (Å²) in [6.45, 7) is 1.84. The van der Waals surface area contributed by atoms with Crippen molar-refractivity contribution in [1.29, 1.82) is 0 Å². The Hall–Kier alpha value is -3.54. The SMILES string of the molecule is Cc1ccc(S(=O)(=O)NC(=O)Cc2ccc(N=C3NC(=O)C(=Cc4ccc(-c5ccc(F)cc5)cc4)S3)cc2)cc1.[H-].[Na+]. The van der Waals surface area contributed by atoms with Crippen LogP contribution in [-0.2, 0) is 26.0 Å². The molecule has 1 heterocycles. The Morgan fingerprint density at radius 3 is 2.14 bits per heavy atom. The predicted octanol–water partition coefficient (Wildman–Crippen LogP) is 2.86. The first-order valence-corrected chi connectivity index (χ1v) is 14.8. The smallest absolute Gasteiger partial charge is 1.00 e. The molecular formula is C31H25FN3NaO4S2. The van der Waals surface area contributed by atoms with Gasteiger partial charge in [0.25, 0.3) is 15.9 Å². The molecule has 1 saturated heterocycles. The van der Waals surface area contributed by atoms with Gasteiger partial charge in [0.05, 0.1) is 21.9 Å². The molecule has 2 amide bonds. The number of nitrogens with zero attached hydrogens (tertiary/aromatic N) is 1. The summed E-state index contributed by atoms with van der Waals surface area (Å²) in [5, 5.41) is 3.16. The van der Waals surface area contributed by atoms with Crippen LogP contribution in [0.25, 0.3) is 17.2 Å². The maximum Gasteiger partial charge on any atom is 1.00 e. The van der Waals surface area contributed by atoms with Crippen molar-refractivity contribution in [3.63, 3.8) is 0 Å². The van der Waals surface area contributed by atoms with Crippen LogP contribution in [-0.4, -0.2) is 25.4 Å². The maximum atomic E-state index is 13.2. The van der Waals surface area contributed by atoms with E-state index in [0.717, 1.165) is 22.3 Å². The first kappa shape index (κ1) is 31.4. The molecule has 1 fully saturated rings. The molecule has 0 bridgehead atoms. The van der Waals surface area contributed by atoms with Crippen molar-refractivity contribution < 1.29 is 53.4 Å². The van der Waals surface area contributed by atoms with E-state index in [4.69, 9.17) is 0 Å². The van der Waals surface area contributed by atoms with E-state index in [0.29, 0.717) is 21.3 Å². The van der Waals surface area contributed by atoms with Gasteiger partial charge in [-0.25, -0.2) is 22.5 Å². The molecule has 0 aromatic heterocycles. The molecule has 42 heavy (non-hydrogen) atoms. The van der Waals surface area contributed by atoms with Crippen molar-refractivity contribution in [2.24, 2.45) is 4.99 Å². The number of benzene rings is 4. The summed E-state index contributed by atoms with van der Waals surface area (Å²) < 4.78 is 40.2. The fourth-order valence-electron chi connectivity index (χ4n) is 4.00. The number of amides is 2. The fourth-order valence-corrected chi connectivity index (χ4v) is 5.83. The van der Waals surface area contributed by atoms with Gasteiger partial charge in [-0.05, 0) is 83.4 Å². The standard InChI is InChI=1S/C31H24FN3O4S2.Na.H/c1-20-2-16-27(17-3-20)41(38,39)35-29(36)19-22-6-14-26(15-7-22)33-31-34-30(37)28(40-31)18-21-4-8-23(9-5-21)24-10-12-25(32)13-11-24;;/h2-18H,19H2,1H3,(H,35,36)(H,33,34,37);;/q;+1;-1. The molecule has 0 spiro atoms. The Kier molecular flexibility index (Phi) is 10.2. The van der Waals surface area contributed by atoms with Crippen molar-refractivity contribution in [2.45, 2.75) is 18.2 Å². The van der Waals surface area contributed by atoms with Crippen LogP contribution >= 0.6 is 11.8 Å². The number of nitrogens with one attached hydrogen (secondary N) is 2. The molecule has 5 rings (SSSR count). The summed E-state index contributed by atoms with van der Waals surface area (Å²) in [6, 6.07) is 26.8. The number of thioether (sulfide) groups is 1. The Balaban J connectivity index is 0.00000253. The van der Waals surface area contributed by atoms with Gasteiger partial charge >= 0.3 is 29.6 Å². The van der Waals surface area contributed by atoms with Crippen LogP contribution in [0.2, 0.25) is 0 Å². The van der Waals surface area contributed by atoms with E-state index in [1.54, 1.807) is 54.6 Å². The van der Waals surface area contributed by atoms with Crippen LogP contribution in [0.5, 0.6) is 0 Å². The van der Waals surface area contributed by atoms with Gasteiger partial charge in [0.15, 0.2) is 5.17 Å². The number of carbonyl (C=O) groups excluding carboxylic acids is 2. The van der Waals surface area contributed by atoms with Crippen LogP contribution in [0.3, 0.4) is 0 Å². The van der Waals surface area contributed by atoms with Gasteiger partial charge in [-0.3, -0.25) is 9.59 Å². The van der Waals surface area contributed by atoms with Gasteiger partial charge in [-0.1, -0.05) is 66.2 Å². The van der Waals surface area contributed by atoms with Crippen molar-refractivity contribution >= 4 is 50.5 Å². The molecule has 208 valence electrons. The molecule has 1 aliphatic rings. The van der Waals surface area contributed by atoms with Crippen LogP contribution in [0.15, 0.2) is 112 Å². The second-order valence-corrected chi connectivity index (χ2v) is 12.0. The minimum Gasteiger partial charge on any atom is -1.00 e. The molecule has 0 atom stereocenters. The Morgan fingerprint density at radius 1 is 0.929 bits per heavy atom. The Labute approximate surface area is 271 Å². The van der Waals surface area contributed by atoms with Gasteiger partial charge in [0, 0.05) is 0 Å². The zero-order valence-corrected chi connectivity index (χ0v) is 26.4. The van der Waals surface area contributed by atoms with Gasteiger partial charge in [0.2, 0.25) is 5.91 Å². The monoisotopic (exact) mass is 609 g/mol. The molecule has 0 radical (unpaired) electrons. The van der Waals surface area contributed by atoms with Gasteiger partial charge in [-0.15, -0.1) is 0 Å². The summed E-state index contributed by atoms with van der Waals surface area (Å²) in [5.41, 5.74) is 4.75. The first-order chi connectivity index (χ1) is 19.6. The molecule has 0 saturated carbocycles. The van der Waals surface area contributed by atoms with Crippen LogP contribution in [0, 0.1) is 12.7 Å². The minimum absolute atomic E-state index is 0. The third-order valence-corrected chi connectivity index (χ3v) is 8.45. The number of amidine groups is 1. The van der Waals surface area contributed by atoms with E-state index >= 15 is 0 Å². The van der Waals surface area contributed by atoms with E-state index in [9.17, 15) is 22.4 Å². The molecule has 11 heteroatoms. The number of sulfonamides is 1. The Morgan fingerprint density at radius 2 is 1.52 bits per heavy atom. The van der Waals surface area contributed by atoms with Crippen LogP contribution < -0.4 is 39.6 Å². The first-order valence-electron chi connectivity index (χ1n) is 12.5. The van der Waals surface area contributed by atoms with Gasteiger partial charge in [-0.2, -0.15) is 0 Å². The van der Waals surface area contributed by atoms with Gasteiger partial charge < -0.3 is 6.74 Å². The summed E-state index contributed by atoms with van der Waals surface area (Å²) >= 11 is 1.21. The largest absolute Gasteiger partial charge is 1.00 e. The van der Waals surface area contributed by atoms with Crippen molar-refractivity contribution in [3.05, 3.63) is 124 Å². The van der Waals surface area contributed by atoms with E-state index in [-0.39, 0.29) is 54.0 Å². The summed E-state index contributed by atoms with van der Waals surface area (Å²) in [4.78, 5) is 29.8. The molecule has 0 aliphatic carbocycles. The molecule has 4 aromatic rings. The second kappa shape index (κ2) is 13.6. The summed E-state index contributed by atoms with van der Waals surface area (Å²) in [5.74, 6) is -1.20. The fraction of sp³-hybridized carbons (Fsp3) is 0.0645. The third-order valence-electron chi connectivity index (χ3n) is 6.15. The zero-order valence-electron chi connectivity index (χ0n) is 23.8. The number of halogens is 1. The molecule has 7 nitrogen and oxygen atoms in total. The van der Waals surface area contributed by atoms with E-state index in [1.807, 2.05) is 31.2 Å². The predicted molar refractivity (Wildman–Crippen MR) is 160 cm³/mol. The number of aliphatic imine (C=N–C) groups is 1. The summed E-state index contributed by atoms with van der Waals surface area (Å²) in [6.07, 6.45) is 1.64. The van der Waals surface area contributed by atoms with Crippen LogP contribution in [0.1, 0.15) is 18.1 Å². The van der Waals surface area contributed by atoms with Gasteiger partial charge in [0.1, 0.15) is 5.82 Å². The van der Waals surface area contributed by atoms with E-state index < -0.39 is 15.9 Å². The summed E-state index contributed by atoms with van der Waals surface area (Å²) in [7, 11) is -3.95. The quantitative estimate of drug-likeness (QED) is 0.248. The maximum absolute atomic E-state index is 13.2. The molecular weight excluding hydrogens is 584 g/mol. The number of carbonyl (C=O) groups is 2. The third kappa shape index (κ3) is 8.05. The zero-order chi connectivity index (χ0) is 29.0. The molecule has 0 unspecified atom stereocenters. The number of hydrogen-bond acceptors (Lipinski definition) is 6. The number of aryl methyl sites for hydroxylation is 1. The number of hydrogen-bond donors (Lipinski definition) is 2. The normalized spacial score (nSPS) is 14.9. The van der Waals surface area contributed by atoms with Crippen molar-refractivity contribution in [3.8, 4) is 11.1 Å². The minimum atomic E-state index is -3.95. The topological polar surface area (TPSA) is 105 Å². The van der Waals surface area contributed by atoms with E-state index in [1.165, 1.54) is 36.0 Å². The molecule has 2 N–H and O–H groups in total. The average Bonchev–Trinajstić information content (AvgIpc) is 3.28. The van der Waals surface area contributed by atoms with Crippen molar-refractivity contribution in [2.75, 3.05) is 0 Å².